The lowest BCUT2D eigenvalue weighted by Gasteiger charge is -2.18. The van der Waals surface area contributed by atoms with Gasteiger partial charge in [0.25, 0.3) is 5.91 Å². The number of hydrogen-bond acceptors (Lipinski definition) is 6. The van der Waals surface area contributed by atoms with Crippen molar-refractivity contribution in [2.45, 2.75) is 0 Å². The first kappa shape index (κ1) is 18.7. The number of anilines is 1. The Morgan fingerprint density at radius 1 is 1.18 bits per heavy atom. The summed E-state index contributed by atoms with van der Waals surface area (Å²) in [4.78, 5) is 36.3. The third kappa shape index (κ3) is 3.56. The van der Waals surface area contributed by atoms with Gasteiger partial charge in [-0.1, -0.05) is 29.3 Å². The highest BCUT2D eigenvalue weighted by atomic mass is 35.5. The average molecular weight is 436 g/mol. The number of carbonyl (C=O) groups is 3. The van der Waals surface area contributed by atoms with E-state index in [0.717, 1.165) is 16.0 Å². The van der Waals surface area contributed by atoms with Crippen LogP contribution in [-0.2, 0) is 9.53 Å². The number of ether oxygens (including phenoxy) is 2. The minimum absolute atomic E-state index is 0.0704. The molecule has 1 aromatic heterocycles. The summed E-state index contributed by atoms with van der Waals surface area (Å²) in [5.41, 5.74) is 0.685. The van der Waals surface area contributed by atoms with Crippen molar-refractivity contribution in [3.63, 3.8) is 0 Å². The second-order valence-electron chi connectivity index (χ2n) is 5.93. The molecular weight excluding hydrogens is 425 g/mol. The Balaban J connectivity index is 1.48. The van der Waals surface area contributed by atoms with Crippen LogP contribution >= 0.6 is 34.5 Å². The molecule has 2 aromatic carbocycles. The summed E-state index contributed by atoms with van der Waals surface area (Å²) in [6.45, 7) is -0.531. The predicted molar refractivity (Wildman–Crippen MR) is 107 cm³/mol. The molecule has 0 radical (unpaired) electrons. The minimum atomic E-state index is -0.690. The van der Waals surface area contributed by atoms with Crippen LogP contribution in [0.15, 0.2) is 36.4 Å². The van der Waals surface area contributed by atoms with Gasteiger partial charge >= 0.3 is 5.97 Å². The van der Waals surface area contributed by atoms with Crippen LogP contribution in [0, 0.1) is 0 Å². The Morgan fingerprint density at radius 3 is 2.82 bits per heavy atom. The van der Waals surface area contributed by atoms with E-state index < -0.39 is 18.4 Å². The molecule has 4 rings (SSSR count). The van der Waals surface area contributed by atoms with E-state index in [1.54, 1.807) is 30.3 Å². The molecule has 9 heteroatoms. The van der Waals surface area contributed by atoms with Crippen LogP contribution < -0.4 is 10.1 Å². The third-order valence-electron chi connectivity index (χ3n) is 4.05. The standard InChI is InChI=1S/C19H11Cl2NO5S/c20-10-2-3-11-15(6-10)28-18(17(11)21)19(25)27-7-13(23)9-1-4-14-12(5-9)22-16(24)8-26-14/h1-6H,7-8H2,(H,22,24). The van der Waals surface area contributed by atoms with Crippen molar-refractivity contribution in [1.29, 1.82) is 0 Å². The monoisotopic (exact) mass is 435 g/mol. The van der Waals surface area contributed by atoms with Crippen molar-refractivity contribution in [3.8, 4) is 5.75 Å². The first-order valence-corrected chi connectivity index (χ1v) is 9.64. The van der Waals surface area contributed by atoms with E-state index in [9.17, 15) is 14.4 Å². The second kappa shape index (κ2) is 7.43. The van der Waals surface area contributed by atoms with Gasteiger partial charge in [-0.3, -0.25) is 9.59 Å². The van der Waals surface area contributed by atoms with Gasteiger partial charge in [0.2, 0.25) is 0 Å². The highest BCUT2D eigenvalue weighted by Crippen LogP contribution is 2.37. The fourth-order valence-corrected chi connectivity index (χ4v) is 4.39. The van der Waals surface area contributed by atoms with Gasteiger partial charge in [-0.15, -0.1) is 11.3 Å². The van der Waals surface area contributed by atoms with E-state index in [-0.39, 0.29) is 28.0 Å². The molecule has 2 heterocycles. The maximum atomic E-state index is 12.4. The van der Waals surface area contributed by atoms with E-state index in [1.807, 2.05) is 0 Å². The molecule has 0 fully saturated rings. The third-order valence-corrected chi connectivity index (χ3v) is 5.92. The number of thiophene rings is 1. The van der Waals surface area contributed by atoms with Gasteiger partial charge in [-0.2, -0.15) is 0 Å². The number of fused-ring (bicyclic) bond motifs is 2. The van der Waals surface area contributed by atoms with Gasteiger partial charge in [0.15, 0.2) is 19.0 Å². The molecule has 0 spiro atoms. The highest BCUT2D eigenvalue weighted by molar-refractivity contribution is 7.21. The zero-order valence-electron chi connectivity index (χ0n) is 14.1. The summed E-state index contributed by atoms with van der Waals surface area (Å²) in [5.74, 6) is -0.937. The summed E-state index contributed by atoms with van der Waals surface area (Å²) in [5, 5.41) is 4.11. The van der Waals surface area contributed by atoms with Crippen LogP contribution in [0.2, 0.25) is 10.0 Å². The molecule has 1 aliphatic heterocycles. The molecule has 0 saturated heterocycles. The number of ketones is 1. The lowest BCUT2D eigenvalue weighted by atomic mass is 10.1. The number of benzene rings is 2. The quantitative estimate of drug-likeness (QED) is 0.479. The molecule has 1 aliphatic rings. The van der Waals surface area contributed by atoms with E-state index in [2.05, 4.69) is 5.32 Å². The van der Waals surface area contributed by atoms with Crippen LogP contribution in [0.3, 0.4) is 0 Å². The summed E-state index contributed by atoms with van der Waals surface area (Å²) in [6, 6.07) is 9.72. The molecule has 0 bridgehead atoms. The number of Topliss-reactive ketones (excluding diaryl/α,β-unsaturated/α-hetero) is 1. The van der Waals surface area contributed by atoms with Gasteiger partial charge in [-0.05, 0) is 30.3 Å². The fraction of sp³-hybridized carbons (Fsp3) is 0.105. The lowest BCUT2D eigenvalue weighted by Crippen LogP contribution is -2.25. The Bertz CT molecular complexity index is 1140. The van der Waals surface area contributed by atoms with Gasteiger partial charge in [0.1, 0.15) is 10.6 Å². The normalized spacial score (nSPS) is 12.9. The minimum Gasteiger partial charge on any atom is -0.482 e. The van der Waals surface area contributed by atoms with E-state index in [0.29, 0.717) is 21.8 Å². The molecule has 0 aliphatic carbocycles. The fourth-order valence-electron chi connectivity index (χ4n) is 2.71. The molecule has 142 valence electrons. The number of carbonyl (C=O) groups excluding carboxylic acids is 3. The number of hydrogen-bond donors (Lipinski definition) is 1. The highest BCUT2D eigenvalue weighted by Gasteiger charge is 2.21. The Hall–Kier alpha value is -2.61. The maximum absolute atomic E-state index is 12.4. The molecule has 6 nitrogen and oxygen atoms in total. The van der Waals surface area contributed by atoms with Crippen molar-refractivity contribution in [2.75, 3.05) is 18.5 Å². The molecule has 0 unspecified atom stereocenters. The molecule has 3 aromatic rings. The van der Waals surface area contributed by atoms with Crippen LogP contribution in [0.1, 0.15) is 20.0 Å². The van der Waals surface area contributed by atoms with Gasteiger partial charge in [-0.25, -0.2) is 4.79 Å². The van der Waals surface area contributed by atoms with E-state index in [4.69, 9.17) is 32.7 Å². The molecule has 1 N–H and O–H groups in total. The number of nitrogens with one attached hydrogen (secondary N) is 1. The van der Waals surface area contributed by atoms with Crippen LogP contribution in [0.4, 0.5) is 5.69 Å². The first-order chi connectivity index (χ1) is 13.4. The van der Waals surface area contributed by atoms with Crippen molar-refractivity contribution in [1.82, 2.24) is 0 Å². The van der Waals surface area contributed by atoms with Crippen molar-refractivity contribution >= 4 is 68.0 Å². The average Bonchev–Trinajstić information content (AvgIpc) is 3.01. The Kier molecular flexibility index (Phi) is 4.97. The van der Waals surface area contributed by atoms with Gasteiger partial charge < -0.3 is 14.8 Å². The smallest absolute Gasteiger partial charge is 0.350 e. The summed E-state index contributed by atoms with van der Waals surface area (Å²) >= 11 is 13.4. The van der Waals surface area contributed by atoms with Crippen molar-refractivity contribution in [3.05, 3.63) is 56.9 Å². The van der Waals surface area contributed by atoms with Gasteiger partial charge in [0.05, 0.1) is 10.7 Å². The van der Waals surface area contributed by atoms with Crippen LogP contribution in [-0.4, -0.2) is 30.9 Å². The maximum Gasteiger partial charge on any atom is 0.350 e. The van der Waals surface area contributed by atoms with Gasteiger partial charge in [0, 0.05) is 20.7 Å². The zero-order chi connectivity index (χ0) is 19.8. The van der Waals surface area contributed by atoms with E-state index in [1.165, 1.54) is 6.07 Å². The molecule has 1 amide bonds. The topological polar surface area (TPSA) is 81.7 Å². The first-order valence-electron chi connectivity index (χ1n) is 8.07. The molecular formula is C19H11Cl2NO5S. The Morgan fingerprint density at radius 2 is 2.00 bits per heavy atom. The number of esters is 1. The number of halogens is 2. The van der Waals surface area contributed by atoms with Crippen LogP contribution in [0.25, 0.3) is 10.1 Å². The summed E-state index contributed by atoms with van der Waals surface area (Å²) in [6.07, 6.45) is 0. The summed E-state index contributed by atoms with van der Waals surface area (Å²) < 4.78 is 11.1. The SMILES string of the molecule is O=C1COc2ccc(C(=O)COC(=O)c3sc4cc(Cl)ccc4c3Cl)cc2N1. The Labute approximate surface area is 172 Å². The molecule has 28 heavy (non-hydrogen) atoms. The second-order valence-corrected chi connectivity index (χ2v) is 7.80. The zero-order valence-corrected chi connectivity index (χ0v) is 16.4. The van der Waals surface area contributed by atoms with E-state index >= 15 is 0 Å². The number of rotatable bonds is 4. The molecule has 0 saturated carbocycles. The summed E-state index contributed by atoms with van der Waals surface area (Å²) in [7, 11) is 0. The number of amides is 1. The lowest BCUT2D eigenvalue weighted by molar-refractivity contribution is -0.118. The largest absolute Gasteiger partial charge is 0.482 e. The van der Waals surface area contributed by atoms with Crippen molar-refractivity contribution in [2.24, 2.45) is 0 Å². The predicted octanol–water partition coefficient (Wildman–Crippen LogP) is 4.58. The molecule has 0 atom stereocenters. The van der Waals surface area contributed by atoms with Crippen LogP contribution in [0.5, 0.6) is 5.75 Å². The van der Waals surface area contributed by atoms with Crippen molar-refractivity contribution < 1.29 is 23.9 Å².